The number of nitrogens with one attached hydrogen (secondary N) is 1. The molecule has 2 aliphatic rings. The molecule has 2 aromatic carbocycles. The van der Waals surface area contributed by atoms with Crippen molar-refractivity contribution in [3.63, 3.8) is 0 Å². The Labute approximate surface area is 170 Å². The quantitative estimate of drug-likeness (QED) is 0.539. The van der Waals surface area contributed by atoms with Gasteiger partial charge in [-0.2, -0.15) is 5.10 Å². The Balaban J connectivity index is 1.27. The maximum atomic E-state index is 12.4. The fourth-order valence-electron chi connectivity index (χ4n) is 4.52. The van der Waals surface area contributed by atoms with Gasteiger partial charge in [0.05, 0.1) is 6.21 Å². The van der Waals surface area contributed by atoms with Gasteiger partial charge in [-0.15, -0.1) is 0 Å². The summed E-state index contributed by atoms with van der Waals surface area (Å²) in [7, 11) is 0. The van der Waals surface area contributed by atoms with Crippen LogP contribution in [0, 0.1) is 17.3 Å². The maximum absolute atomic E-state index is 12.4. The molecule has 3 unspecified atom stereocenters. The van der Waals surface area contributed by atoms with Crippen LogP contribution in [0.2, 0.25) is 5.02 Å². The monoisotopic (exact) mass is 396 g/mol. The molecule has 1 N–H and O–H groups in total. The Kier molecular flexibility index (Phi) is 5.40. The molecule has 0 aliphatic heterocycles. The highest BCUT2D eigenvalue weighted by Gasteiger charge is 2.64. The van der Waals surface area contributed by atoms with E-state index in [1.807, 2.05) is 48.5 Å². The average Bonchev–Trinajstić information content (AvgIpc) is 3.34. The van der Waals surface area contributed by atoms with E-state index in [1.165, 1.54) is 19.3 Å². The van der Waals surface area contributed by atoms with Gasteiger partial charge in [0.2, 0.25) is 5.91 Å². The smallest absolute Gasteiger partial charge is 0.244 e. The van der Waals surface area contributed by atoms with Crippen LogP contribution in [0.1, 0.15) is 43.7 Å². The van der Waals surface area contributed by atoms with Gasteiger partial charge in [0.1, 0.15) is 12.4 Å². The topological polar surface area (TPSA) is 50.7 Å². The van der Waals surface area contributed by atoms with Gasteiger partial charge >= 0.3 is 0 Å². The van der Waals surface area contributed by atoms with Crippen molar-refractivity contribution in [2.75, 3.05) is 0 Å². The van der Waals surface area contributed by atoms with Crippen LogP contribution in [0.15, 0.2) is 53.6 Å². The minimum atomic E-state index is 0.0605. The number of amides is 1. The van der Waals surface area contributed by atoms with Crippen molar-refractivity contribution in [2.24, 2.45) is 22.4 Å². The van der Waals surface area contributed by atoms with Crippen molar-refractivity contribution in [1.82, 2.24) is 5.43 Å². The lowest BCUT2D eigenvalue weighted by atomic mass is 9.90. The second kappa shape index (κ2) is 7.96. The highest BCUT2D eigenvalue weighted by molar-refractivity contribution is 6.31. The number of benzene rings is 2. The fraction of sp³-hybridized carbons (Fsp3) is 0.391. The maximum Gasteiger partial charge on any atom is 0.244 e. The lowest BCUT2D eigenvalue weighted by molar-refractivity contribution is -0.123. The molecule has 28 heavy (non-hydrogen) atoms. The first kappa shape index (κ1) is 19.0. The minimum Gasteiger partial charge on any atom is -0.489 e. The second-order valence-corrected chi connectivity index (χ2v) is 8.43. The van der Waals surface area contributed by atoms with E-state index in [9.17, 15) is 4.79 Å². The molecule has 1 amide bonds. The molecule has 2 aromatic rings. The van der Waals surface area contributed by atoms with Crippen molar-refractivity contribution in [3.8, 4) is 5.75 Å². The van der Waals surface area contributed by atoms with Gasteiger partial charge in [-0.05, 0) is 60.1 Å². The summed E-state index contributed by atoms with van der Waals surface area (Å²) >= 11 is 6.14. The molecular formula is C23H25ClN2O2. The summed E-state index contributed by atoms with van der Waals surface area (Å²) in [5.41, 5.74) is 4.79. The van der Waals surface area contributed by atoms with Gasteiger partial charge < -0.3 is 4.74 Å². The van der Waals surface area contributed by atoms with Gasteiger partial charge in [-0.1, -0.05) is 49.6 Å². The van der Waals surface area contributed by atoms with E-state index in [1.54, 1.807) is 6.21 Å². The van der Waals surface area contributed by atoms with E-state index in [4.69, 9.17) is 16.3 Å². The Hall–Kier alpha value is -2.33. The van der Waals surface area contributed by atoms with Crippen LogP contribution in [-0.4, -0.2) is 12.1 Å². The number of fused-ring (bicyclic) bond motifs is 1. The Bertz CT molecular complexity index is 880. The summed E-state index contributed by atoms with van der Waals surface area (Å²) in [5.74, 6) is 1.50. The minimum absolute atomic E-state index is 0.0605. The zero-order valence-corrected chi connectivity index (χ0v) is 16.8. The third-order valence-corrected chi connectivity index (χ3v) is 6.60. The molecule has 0 bridgehead atoms. The molecule has 3 atom stereocenters. The SMILES string of the molecule is CC12CCCCC1C2C(=O)NN=Cc1ccc(OCc2ccccc2Cl)cc1. The molecule has 0 aromatic heterocycles. The van der Waals surface area contributed by atoms with Gasteiger partial charge in [-0.25, -0.2) is 5.43 Å². The number of hydrogen-bond acceptors (Lipinski definition) is 3. The third kappa shape index (κ3) is 3.93. The van der Waals surface area contributed by atoms with Crippen LogP contribution in [0.5, 0.6) is 5.75 Å². The number of carbonyl (C=O) groups excluding carboxylic acids is 1. The predicted molar refractivity (Wildman–Crippen MR) is 112 cm³/mol. The summed E-state index contributed by atoms with van der Waals surface area (Å²) in [5, 5.41) is 4.84. The molecule has 0 spiro atoms. The average molecular weight is 397 g/mol. The zero-order chi connectivity index (χ0) is 19.6. The van der Waals surface area contributed by atoms with E-state index in [0.717, 1.165) is 23.3 Å². The fourth-order valence-corrected chi connectivity index (χ4v) is 4.71. The van der Waals surface area contributed by atoms with Crippen LogP contribution < -0.4 is 10.2 Å². The van der Waals surface area contributed by atoms with E-state index < -0.39 is 0 Å². The first-order chi connectivity index (χ1) is 13.6. The van der Waals surface area contributed by atoms with Crippen LogP contribution >= 0.6 is 11.6 Å². The lowest BCUT2D eigenvalue weighted by Crippen LogP contribution is -2.22. The summed E-state index contributed by atoms with van der Waals surface area (Å²) in [4.78, 5) is 12.4. The van der Waals surface area contributed by atoms with E-state index in [2.05, 4.69) is 17.5 Å². The summed E-state index contributed by atoms with van der Waals surface area (Å²) in [6, 6.07) is 15.2. The molecule has 2 fully saturated rings. The Morgan fingerprint density at radius 3 is 2.75 bits per heavy atom. The zero-order valence-electron chi connectivity index (χ0n) is 16.0. The number of ether oxygens (including phenoxy) is 1. The largest absolute Gasteiger partial charge is 0.489 e. The normalized spacial score (nSPS) is 25.9. The van der Waals surface area contributed by atoms with Gasteiger partial charge in [0, 0.05) is 16.5 Å². The highest BCUT2D eigenvalue weighted by Crippen LogP contribution is 2.66. The molecule has 2 aliphatic carbocycles. The molecular weight excluding hydrogens is 372 g/mol. The summed E-state index contributed by atoms with van der Waals surface area (Å²) < 4.78 is 5.78. The number of hydrogen-bond donors (Lipinski definition) is 1. The standard InChI is InChI=1S/C23H25ClN2O2/c1-23-13-5-4-7-19(23)21(23)22(27)26-25-14-16-9-11-18(12-10-16)28-15-17-6-2-3-8-20(17)24/h2-3,6,8-12,14,19,21H,4-5,7,13,15H2,1H3,(H,26,27). The molecule has 0 radical (unpaired) electrons. The van der Waals surface area contributed by atoms with Gasteiger partial charge in [0.15, 0.2) is 0 Å². The van der Waals surface area contributed by atoms with Crippen molar-refractivity contribution < 1.29 is 9.53 Å². The molecule has 146 valence electrons. The van der Waals surface area contributed by atoms with Crippen molar-refractivity contribution in [2.45, 2.75) is 39.2 Å². The van der Waals surface area contributed by atoms with E-state index in [0.29, 0.717) is 17.5 Å². The number of nitrogens with zero attached hydrogens (tertiary/aromatic N) is 1. The van der Waals surface area contributed by atoms with Gasteiger partial charge in [0.25, 0.3) is 0 Å². The van der Waals surface area contributed by atoms with Gasteiger partial charge in [-0.3, -0.25) is 4.79 Å². The Morgan fingerprint density at radius 2 is 2.04 bits per heavy atom. The number of carbonyl (C=O) groups is 1. The van der Waals surface area contributed by atoms with Crippen molar-refractivity contribution >= 4 is 23.7 Å². The molecule has 5 heteroatoms. The first-order valence-electron chi connectivity index (χ1n) is 9.87. The molecule has 4 nitrogen and oxygen atoms in total. The number of hydrazone groups is 1. The molecule has 0 saturated heterocycles. The lowest BCUT2D eigenvalue weighted by Gasteiger charge is -2.15. The third-order valence-electron chi connectivity index (χ3n) is 6.23. The predicted octanol–water partition coefficient (Wildman–Crippen LogP) is 5.20. The van der Waals surface area contributed by atoms with Crippen LogP contribution in [0.3, 0.4) is 0 Å². The first-order valence-corrected chi connectivity index (χ1v) is 10.2. The van der Waals surface area contributed by atoms with Crippen molar-refractivity contribution in [3.05, 3.63) is 64.7 Å². The summed E-state index contributed by atoms with van der Waals surface area (Å²) in [6.07, 6.45) is 6.50. The van der Waals surface area contributed by atoms with E-state index in [-0.39, 0.29) is 17.2 Å². The molecule has 2 saturated carbocycles. The van der Waals surface area contributed by atoms with Crippen LogP contribution in [-0.2, 0) is 11.4 Å². The highest BCUT2D eigenvalue weighted by atomic mass is 35.5. The van der Waals surface area contributed by atoms with Crippen LogP contribution in [0.4, 0.5) is 0 Å². The van der Waals surface area contributed by atoms with Crippen LogP contribution in [0.25, 0.3) is 0 Å². The summed E-state index contributed by atoms with van der Waals surface area (Å²) in [6.45, 7) is 2.66. The number of rotatable bonds is 6. The van der Waals surface area contributed by atoms with Crippen molar-refractivity contribution in [1.29, 1.82) is 0 Å². The Morgan fingerprint density at radius 1 is 1.25 bits per heavy atom. The molecule has 0 heterocycles. The van der Waals surface area contributed by atoms with E-state index >= 15 is 0 Å². The second-order valence-electron chi connectivity index (χ2n) is 8.02. The number of halogens is 1. The molecule has 4 rings (SSSR count).